The van der Waals surface area contributed by atoms with Gasteiger partial charge in [-0.15, -0.1) is 0 Å². The van der Waals surface area contributed by atoms with E-state index in [4.69, 9.17) is 0 Å². The van der Waals surface area contributed by atoms with Gasteiger partial charge in [0.05, 0.1) is 11.4 Å². The molecule has 0 fully saturated rings. The van der Waals surface area contributed by atoms with Crippen molar-refractivity contribution in [1.29, 1.82) is 0 Å². The van der Waals surface area contributed by atoms with Crippen molar-refractivity contribution in [3.8, 4) is 0 Å². The summed E-state index contributed by atoms with van der Waals surface area (Å²) in [6.45, 7) is 7.93. The van der Waals surface area contributed by atoms with E-state index >= 15 is 0 Å². The number of nitrogens with one attached hydrogen (secondary N) is 2. The van der Waals surface area contributed by atoms with Crippen molar-refractivity contribution in [3.63, 3.8) is 0 Å². The molecule has 8 heteroatoms. The maximum absolute atomic E-state index is 12.7. The minimum Gasteiger partial charge on any atom is -0.322 e. The third-order valence-electron chi connectivity index (χ3n) is 5.67. The fraction of sp³-hybridized carbons (Fsp3) is 0.259. The van der Waals surface area contributed by atoms with Crippen LogP contribution in [0.3, 0.4) is 0 Å². The van der Waals surface area contributed by atoms with Gasteiger partial charge in [-0.1, -0.05) is 39.0 Å². The van der Waals surface area contributed by atoms with Crippen LogP contribution in [0.4, 0.5) is 17.1 Å². The van der Waals surface area contributed by atoms with Crippen LogP contribution in [-0.4, -0.2) is 33.0 Å². The van der Waals surface area contributed by atoms with Crippen LogP contribution >= 0.6 is 0 Å². The largest absolute Gasteiger partial charge is 0.322 e. The number of carbonyl (C=O) groups is 2. The number of amides is 2. The zero-order valence-corrected chi connectivity index (χ0v) is 21.4. The van der Waals surface area contributed by atoms with Gasteiger partial charge in [-0.3, -0.25) is 13.9 Å². The molecule has 2 amide bonds. The van der Waals surface area contributed by atoms with Crippen LogP contribution in [0.15, 0.2) is 72.8 Å². The highest BCUT2D eigenvalue weighted by Crippen LogP contribution is 2.23. The number of sulfonamides is 1. The molecule has 0 saturated carbocycles. The Morgan fingerprint density at radius 3 is 1.69 bits per heavy atom. The smallest absolute Gasteiger partial charge is 0.255 e. The number of rotatable bonds is 7. The summed E-state index contributed by atoms with van der Waals surface area (Å²) in [5, 5.41) is 5.66. The summed E-state index contributed by atoms with van der Waals surface area (Å²) in [6.07, 6.45) is 0. The van der Waals surface area contributed by atoms with E-state index in [2.05, 4.69) is 31.4 Å². The van der Waals surface area contributed by atoms with Gasteiger partial charge in [0.2, 0.25) is 10.0 Å². The molecule has 0 spiro atoms. The lowest BCUT2D eigenvalue weighted by atomic mass is 9.87. The molecule has 0 aliphatic heterocycles. The highest BCUT2D eigenvalue weighted by molar-refractivity contribution is 7.92. The summed E-state index contributed by atoms with van der Waals surface area (Å²) in [4.78, 5) is 25.3. The molecule has 3 aromatic carbocycles. The molecule has 0 heterocycles. The normalized spacial score (nSPS) is 11.6. The molecule has 0 unspecified atom stereocenters. The van der Waals surface area contributed by atoms with E-state index in [9.17, 15) is 18.0 Å². The number of nitrogens with zero attached hydrogens (tertiary/aromatic N) is 1. The number of hydrogen-bond donors (Lipinski definition) is 2. The maximum Gasteiger partial charge on any atom is 0.255 e. The quantitative estimate of drug-likeness (QED) is 0.468. The zero-order chi connectivity index (χ0) is 25.8. The molecular formula is C27H31N3O4S. The van der Waals surface area contributed by atoms with Crippen molar-refractivity contribution < 1.29 is 18.0 Å². The molecule has 35 heavy (non-hydrogen) atoms. The standard InChI is InChI=1S/C27H31N3O4S/c1-6-35(33,34)30(5)24-16-12-20(13-17-24)26(32)29-23-9-7-8-22(18-23)28-25(31)19-10-14-21(15-11-19)27(2,3)4/h7-18H,6H2,1-5H3,(H,28,31)(H,29,32). The Hall–Kier alpha value is -3.65. The summed E-state index contributed by atoms with van der Waals surface area (Å²) in [6, 6.07) is 20.7. The van der Waals surface area contributed by atoms with Crippen molar-refractivity contribution in [2.45, 2.75) is 33.1 Å². The first-order valence-corrected chi connectivity index (χ1v) is 12.9. The van der Waals surface area contributed by atoms with E-state index in [0.717, 1.165) is 5.56 Å². The van der Waals surface area contributed by atoms with Crippen molar-refractivity contribution in [2.24, 2.45) is 0 Å². The zero-order valence-electron chi connectivity index (χ0n) is 20.6. The van der Waals surface area contributed by atoms with E-state index in [1.54, 1.807) is 67.6 Å². The van der Waals surface area contributed by atoms with E-state index in [0.29, 0.717) is 28.2 Å². The Morgan fingerprint density at radius 2 is 1.26 bits per heavy atom. The van der Waals surface area contributed by atoms with Gasteiger partial charge in [-0.25, -0.2) is 8.42 Å². The monoisotopic (exact) mass is 493 g/mol. The topological polar surface area (TPSA) is 95.6 Å². The molecule has 0 radical (unpaired) electrons. The highest BCUT2D eigenvalue weighted by atomic mass is 32.2. The summed E-state index contributed by atoms with van der Waals surface area (Å²) >= 11 is 0. The van der Waals surface area contributed by atoms with E-state index in [-0.39, 0.29) is 23.0 Å². The third-order valence-corrected chi connectivity index (χ3v) is 7.44. The Balaban J connectivity index is 1.67. The fourth-order valence-electron chi connectivity index (χ4n) is 3.38. The van der Waals surface area contributed by atoms with Gasteiger partial charge < -0.3 is 10.6 Å². The van der Waals surface area contributed by atoms with Gasteiger partial charge in [-0.05, 0) is 72.5 Å². The Bertz CT molecular complexity index is 1310. The molecule has 3 rings (SSSR count). The molecule has 0 saturated heterocycles. The van der Waals surface area contributed by atoms with Gasteiger partial charge in [0, 0.05) is 29.5 Å². The maximum atomic E-state index is 12.7. The number of benzene rings is 3. The molecule has 0 aliphatic carbocycles. The molecule has 0 atom stereocenters. The summed E-state index contributed by atoms with van der Waals surface area (Å²) < 4.78 is 25.3. The first kappa shape index (κ1) is 26.0. The first-order valence-electron chi connectivity index (χ1n) is 11.3. The average Bonchev–Trinajstić information content (AvgIpc) is 2.83. The van der Waals surface area contributed by atoms with Crippen LogP contribution in [0.2, 0.25) is 0 Å². The summed E-state index contributed by atoms with van der Waals surface area (Å²) in [5.74, 6) is -0.602. The summed E-state index contributed by atoms with van der Waals surface area (Å²) in [5.41, 5.74) is 3.62. The van der Waals surface area contributed by atoms with Crippen LogP contribution in [0, 0.1) is 0 Å². The third kappa shape index (κ3) is 6.48. The lowest BCUT2D eigenvalue weighted by molar-refractivity contribution is 0.101. The SMILES string of the molecule is CCS(=O)(=O)N(C)c1ccc(C(=O)Nc2cccc(NC(=O)c3ccc(C(C)(C)C)cc3)c2)cc1. The lowest BCUT2D eigenvalue weighted by Crippen LogP contribution is -2.28. The lowest BCUT2D eigenvalue weighted by Gasteiger charge is -2.19. The van der Waals surface area contributed by atoms with E-state index in [1.165, 1.54) is 11.4 Å². The molecular weight excluding hydrogens is 462 g/mol. The minimum absolute atomic E-state index is 0.00496. The van der Waals surface area contributed by atoms with Crippen LogP contribution in [0.1, 0.15) is 54.0 Å². The molecule has 0 aliphatic rings. The predicted octanol–water partition coefficient (Wildman–Crippen LogP) is 5.27. The second kappa shape index (κ2) is 10.3. The van der Waals surface area contributed by atoms with Crippen molar-refractivity contribution >= 4 is 38.9 Å². The van der Waals surface area contributed by atoms with Gasteiger partial charge in [0.25, 0.3) is 11.8 Å². The Labute approximate surface area is 207 Å². The average molecular weight is 494 g/mol. The van der Waals surface area contributed by atoms with E-state index in [1.807, 2.05) is 12.1 Å². The number of carbonyl (C=O) groups excluding carboxylic acids is 2. The van der Waals surface area contributed by atoms with Crippen LogP contribution in [-0.2, 0) is 15.4 Å². The van der Waals surface area contributed by atoms with E-state index < -0.39 is 10.0 Å². The first-order chi connectivity index (χ1) is 16.4. The molecule has 3 aromatic rings. The van der Waals surface area contributed by atoms with Crippen molar-refractivity contribution in [3.05, 3.63) is 89.5 Å². The minimum atomic E-state index is -3.38. The van der Waals surface area contributed by atoms with Crippen molar-refractivity contribution in [2.75, 3.05) is 27.7 Å². The second-order valence-corrected chi connectivity index (χ2v) is 11.5. The van der Waals surface area contributed by atoms with Crippen LogP contribution < -0.4 is 14.9 Å². The highest BCUT2D eigenvalue weighted by Gasteiger charge is 2.17. The number of hydrogen-bond acceptors (Lipinski definition) is 4. The van der Waals surface area contributed by atoms with Gasteiger partial charge in [-0.2, -0.15) is 0 Å². The van der Waals surface area contributed by atoms with Gasteiger partial charge in [0.15, 0.2) is 0 Å². The van der Waals surface area contributed by atoms with Gasteiger partial charge in [0.1, 0.15) is 0 Å². The predicted molar refractivity (Wildman–Crippen MR) is 142 cm³/mol. The Kier molecular flexibility index (Phi) is 7.65. The van der Waals surface area contributed by atoms with Crippen molar-refractivity contribution in [1.82, 2.24) is 0 Å². The molecule has 0 aromatic heterocycles. The van der Waals surface area contributed by atoms with Crippen LogP contribution in [0.5, 0.6) is 0 Å². The molecule has 7 nitrogen and oxygen atoms in total. The fourth-order valence-corrected chi connectivity index (χ4v) is 4.21. The molecule has 2 N–H and O–H groups in total. The summed E-state index contributed by atoms with van der Waals surface area (Å²) in [7, 11) is -1.90. The Morgan fingerprint density at radius 1 is 0.800 bits per heavy atom. The number of anilines is 3. The van der Waals surface area contributed by atoms with Gasteiger partial charge >= 0.3 is 0 Å². The second-order valence-electron chi connectivity index (χ2n) is 9.23. The molecule has 0 bridgehead atoms. The molecule has 184 valence electrons. The van der Waals surface area contributed by atoms with Crippen LogP contribution in [0.25, 0.3) is 0 Å².